The van der Waals surface area contributed by atoms with E-state index in [0.717, 1.165) is 12.3 Å². The molecule has 16 heavy (non-hydrogen) atoms. The molecule has 5 heteroatoms. The van der Waals surface area contributed by atoms with Gasteiger partial charge in [0.15, 0.2) is 0 Å². The molecule has 0 radical (unpaired) electrons. The summed E-state index contributed by atoms with van der Waals surface area (Å²) < 4.78 is 8.86. The Balaban J connectivity index is 2.41. The van der Waals surface area contributed by atoms with Crippen molar-refractivity contribution in [1.82, 2.24) is 9.78 Å². The first-order chi connectivity index (χ1) is 7.31. The number of nitrogens with zero attached hydrogens (tertiary/aromatic N) is 2. The highest BCUT2D eigenvalue weighted by molar-refractivity contribution is 14.1. The van der Waals surface area contributed by atoms with E-state index in [-0.39, 0.29) is 0 Å². The van der Waals surface area contributed by atoms with Gasteiger partial charge in [0.25, 0.3) is 0 Å². The fourth-order valence-corrected chi connectivity index (χ4v) is 2.47. The van der Waals surface area contributed by atoms with Gasteiger partial charge < -0.3 is 4.74 Å². The molecule has 0 atom stereocenters. The van der Waals surface area contributed by atoms with Crippen LogP contribution >= 0.6 is 22.6 Å². The molecule has 0 spiro atoms. The molecule has 0 aliphatic carbocycles. The van der Waals surface area contributed by atoms with Gasteiger partial charge in [0.05, 0.1) is 15.0 Å². The molecule has 0 aromatic carbocycles. The molecule has 0 saturated carbocycles. The average Bonchev–Trinajstić information content (AvgIpc) is 2.40. The molecule has 92 valence electrons. The quantitative estimate of drug-likeness (QED) is 0.461. The molecule has 0 bridgehead atoms. The number of rotatable bonds is 5. The van der Waals surface area contributed by atoms with Gasteiger partial charge in [-0.1, -0.05) is 19.6 Å². The highest BCUT2D eigenvalue weighted by Gasteiger charge is 2.13. The van der Waals surface area contributed by atoms with Crippen molar-refractivity contribution < 1.29 is 4.74 Å². The van der Waals surface area contributed by atoms with Gasteiger partial charge >= 0.3 is 0 Å². The molecule has 0 fully saturated rings. The summed E-state index contributed by atoms with van der Waals surface area (Å²) in [5.41, 5.74) is 2.29. The van der Waals surface area contributed by atoms with Crippen LogP contribution in [0.5, 0.6) is 0 Å². The van der Waals surface area contributed by atoms with Crippen LogP contribution in [0.25, 0.3) is 0 Å². The lowest BCUT2D eigenvalue weighted by molar-refractivity contribution is 0.0769. The van der Waals surface area contributed by atoms with Crippen molar-refractivity contribution in [3.63, 3.8) is 0 Å². The van der Waals surface area contributed by atoms with E-state index in [9.17, 15) is 0 Å². The van der Waals surface area contributed by atoms with E-state index in [1.54, 1.807) is 0 Å². The van der Waals surface area contributed by atoms with Crippen molar-refractivity contribution in [3.8, 4) is 0 Å². The maximum absolute atomic E-state index is 5.68. The van der Waals surface area contributed by atoms with Crippen LogP contribution in [0.1, 0.15) is 11.4 Å². The van der Waals surface area contributed by atoms with E-state index < -0.39 is 8.07 Å². The minimum atomic E-state index is -0.971. The number of hydrogen-bond acceptors (Lipinski definition) is 2. The van der Waals surface area contributed by atoms with Crippen molar-refractivity contribution in [1.29, 1.82) is 0 Å². The Kier molecular flexibility index (Phi) is 5.00. The van der Waals surface area contributed by atoms with Gasteiger partial charge in [0.2, 0.25) is 0 Å². The second kappa shape index (κ2) is 5.64. The Morgan fingerprint density at radius 3 is 2.38 bits per heavy atom. The van der Waals surface area contributed by atoms with Gasteiger partial charge in [-0.15, -0.1) is 0 Å². The van der Waals surface area contributed by atoms with Crippen molar-refractivity contribution >= 4 is 30.7 Å². The Bertz CT molecular complexity index is 358. The molecule has 1 aromatic heterocycles. The van der Waals surface area contributed by atoms with Crippen LogP contribution in [-0.4, -0.2) is 24.5 Å². The normalized spacial score (nSPS) is 12.1. The predicted molar refractivity (Wildman–Crippen MR) is 78.5 cm³/mol. The van der Waals surface area contributed by atoms with Crippen LogP contribution < -0.4 is 0 Å². The van der Waals surface area contributed by atoms with E-state index in [4.69, 9.17) is 4.74 Å². The van der Waals surface area contributed by atoms with Gasteiger partial charge in [0.1, 0.15) is 6.73 Å². The summed E-state index contributed by atoms with van der Waals surface area (Å²) in [7, 11) is -0.971. The summed E-state index contributed by atoms with van der Waals surface area (Å²) in [5, 5.41) is 4.44. The zero-order chi connectivity index (χ0) is 12.3. The van der Waals surface area contributed by atoms with Crippen molar-refractivity contribution in [2.75, 3.05) is 6.61 Å². The number of halogens is 1. The number of aromatic nitrogens is 2. The molecule has 1 heterocycles. The van der Waals surface area contributed by atoms with Gasteiger partial charge in [-0.3, -0.25) is 0 Å². The smallest absolute Gasteiger partial charge is 0.139 e. The van der Waals surface area contributed by atoms with Gasteiger partial charge in [-0.25, -0.2) is 4.68 Å². The molecule has 3 nitrogen and oxygen atoms in total. The zero-order valence-electron chi connectivity index (χ0n) is 10.8. The summed E-state index contributed by atoms with van der Waals surface area (Å²) in [6.45, 7) is 12.6. The Hall–Kier alpha value is 0.117. The molecule has 0 saturated heterocycles. The largest absolute Gasteiger partial charge is 0.360 e. The monoisotopic (exact) mass is 352 g/mol. The fourth-order valence-electron chi connectivity index (χ4n) is 1.33. The van der Waals surface area contributed by atoms with Crippen LogP contribution in [0.4, 0.5) is 0 Å². The maximum Gasteiger partial charge on any atom is 0.139 e. The van der Waals surface area contributed by atoms with Crippen molar-refractivity contribution in [3.05, 3.63) is 15.0 Å². The molecular weight excluding hydrogens is 331 g/mol. The highest BCUT2D eigenvalue weighted by atomic mass is 127. The first-order valence-electron chi connectivity index (χ1n) is 5.58. The second-order valence-corrected chi connectivity index (χ2v) is 12.0. The van der Waals surface area contributed by atoms with Gasteiger partial charge in [-0.2, -0.15) is 5.10 Å². The van der Waals surface area contributed by atoms with E-state index in [1.165, 1.54) is 15.3 Å². The maximum atomic E-state index is 5.68. The molecule has 0 amide bonds. The average molecular weight is 352 g/mol. The third-order valence-corrected chi connectivity index (χ3v) is 5.77. The van der Waals surface area contributed by atoms with Gasteiger partial charge in [0, 0.05) is 14.7 Å². The van der Waals surface area contributed by atoms with E-state index in [0.29, 0.717) is 6.73 Å². The summed E-state index contributed by atoms with van der Waals surface area (Å²) in [4.78, 5) is 0. The Labute approximate surface area is 113 Å². The molecule has 0 aliphatic heterocycles. The van der Waals surface area contributed by atoms with Gasteiger partial charge in [-0.05, 0) is 42.5 Å². The lowest BCUT2D eigenvalue weighted by atomic mass is 10.4. The molecule has 0 unspecified atom stereocenters. The topological polar surface area (TPSA) is 27.1 Å². The molecule has 1 rings (SSSR count). The highest BCUT2D eigenvalue weighted by Crippen LogP contribution is 2.15. The van der Waals surface area contributed by atoms with Crippen LogP contribution in [0.2, 0.25) is 25.7 Å². The predicted octanol–water partition coefficient (Wildman–Crippen LogP) is 3.42. The molecule has 0 aliphatic rings. The fraction of sp³-hybridized carbons (Fsp3) is 0.727. The van der Waals surface area contributed by atoms with Crippen LogP contribution in [0.15, 0.2) is 0 Å². The summed E-state index contributed by atoms with van der Waals surface area (Å²) in [6, 6.07) is 1.21. The molecule has 1 aromatic rings. The van der Waals surface area contributed by atoms with Crippen LogP contribution in [0, 0.1) is 17.4 Å². The van der Waals surface area contributed by atoms with E-state index in [1.807, 2.05) is 11.6 Å². The summed E-state index contributed by atoms with van der Waals surface area (Å²) in [6.07, 6.45) is 0. The number of aryl methyl sites for hydroxylation is 1. The number of hydrogen-bond donors (Lipinski definition) is 0. The van der Waals surface area contributed by atoms with Crippen LogP contribution in [0.3, 0.4) is 0 Å². The van der Waals surface area contributed by atoms with E-state index in [2.05, 4.69) is 54.3 Å². The lowest BCUT2D eigenvalue weighted by Gasteiger charge is -2.15. The van der Waals surface area contributed by atoms with Crippen molar-refractivity contribution in [2.45, 2.75) is 46.3 Å². The molecular formula is C11H21IN2OSi. The van der Waals surface area contributed by atoms with Crippen molar-refractivity contribution in [2.24, 2.45) is 0 Å². The van der Waals surface area contributed by atoms with E-state index >= 15 is 0 Å². The Morgan fingerprint density at radius 1 is 1.31 bits per heavy atom. The minimum Gasteiger partial charge on any atom is -0.360 e. The van der Waals surface area contributed by atoms with Crippen LogP contribution in [-0.2, 0) is 11.5 Å². The first kappa shape index (κ1) is 14.2. The minimum absolute atomic E-state index is 0.583. The third kappa shape index (κ3) is 4.18. The number of ether oxygens (including phenoxy) is 1. The summed E-state index contributed by atoms with van der Waals surface area (Å²) >= 11 is 2.33. The molecule has 0 N–H and O–H groups in total. The third-order valence-electron chi connectivity index (χ3n) is 2.50. The first-order valence-corrected chi connectivity index (χ1v) is 10.4. The Morgan fingerprint density at radius 2 is 1.94 bits per heavy atom. The lowest BCUT2D eigenvalue weighted by Crippen LogP contribution is -2.22. The standard InChI is InChI=1S/C11H21IN2OSi/c1-9-11(12)10(2)14(13-9)8-15-6-7-16(3,4)5/h6-8H2,1-5H3. The second-order valence-electron chi connectivity index (χ2n) is 5.33. The SMILES string of the molecule is Cc1nn(COCC[Si](C)(C)C)c(C)c1I. The zero-order valence-corrected chi connectivity index (χ0v) is 14.0. The summed E-state index contributed by atoms with van der Waals surface area (Å²) in [5.74, 6) is 0.